The van der Waals surface area contributed by atoms with Crippen LogP contribution in [-0.2, 0) is 16.0 Å². The van der Waals surface area contributed by atoms with Crippen molar-refractivity contribution in [1.29, 1.82) is 0 Å². The van der Waals surface area contributed by atoms with Crippen LogP contribution in [0, 0.1) is 0 Å². The fourth-order valence-electron chi connectivity index (χ4n) is 5.56. The number of H-pyrrole nitrogens is 1. The first-order valence-corrected chi connectivity index (χ1v) is 13.1. The van der Waals surface area contributed by atoms with E-state index >= 15 is 0 Å². The number of aromatic nitrogens is 1. The number of amides is 3. The second kappa shape index (κ2) is 10.2. The predicted molar refractivity (Wildman–Crippen MR) is 141 cm³/mol. The van der Waals surface area contributed by atoms with E-state index in [2.05, 4.69) is 4.98 Å². The molecule has 5 rings (SSSR count). The van der Waals surface area contributed by atoms with Gasteiger partial charge in [0.2, 0.25) is 11.8 Å². The lowest BCUT2D eigenvalue weighted by Crippen LogP contribution is -2.54. The van der Waals surface area contributed by atoms with Gasteiger partial charge in [-0.15, -0.1) is 11.6 Å². The summed E-state index contributed by atoms with van der Waals surface area (Å²) in [5.74, 6) is -0.829. The summed E-state index contributed by atoms with van der Waals surface area (Å²) in [5, 5.41) is 10.8. The fraction of sp³-hybridized carbons (Fsp3) is 0.393. The highest BCUT2D eigenvalue weighted by molar-refractivity contribution is 6.27. The van der Waals surface area contributed by atoms with Gasteiger partial charge in [-0.3, -0.25) is 14.4 Å². The van der Waals surface area contributed by atoms with Crippen LogP contribution in [-0.4, -0.2) is 87.7 Å². The number of likely N-dealkylation sites (tertiary alicyclic amines) is 1. The molecular weight excluding hydrogens is 492 g/mol. The van der Waals surface area contributed by atoms with Gasteiger partial charge in [0.1, 0.15) is 11.9 Å². The van der Waals surface area contributed by atoms with Crippen molar-refractivity contribution in [1.82, 2.24) is 19.7 Å². The highest BCUT2D eigenvalue weighted by Crippen LogP contribution is 2.41. The predicted octanol–water partition coefficient (Wildman–Crippen LogP) is 2.93. The molecule has 3 aromatic rings. The van der Waals surface area contributed by atoms with Crippen molar-refractivity contribution in [3.05, 3.63) is 70.9 Å². The molecule has 1 saturated heterocycles. The third-order valence-electron chi connectivity index (χ3n) is 7.48. The van der Waals surface area contributed by atoms with Crippen LogP contribution in [0.2, 0.25) is 0 Å². The number of alkyl halides is 1. The SMILES string of the molecule is CN(C)C(=O)[C@H]1Cc2c([nH]c3ccccc23)[C@H](c2ccc(C(=O)N3CCC(O)CC3)cc2)N1C(=O)CCl. The Labute approximate surface area is 220 Å². The van der Waals surface area contributed by atoms with Crippen LogP contribution in [0.1, 0.15) is 46.1 Å². The van der Waals surface area contributed by atoms with Gasteiger partial charge in [0.25, 0.3) is 5.91 Å². The van der Waals surface area contributed by atoms with E-state index in [9.17, 15) is 19.5 Å². The molecule has 0 aliphatic carbocycles. The summed E-state index contributed by atoms with van der Waals surface area (Å²) in [6, 6.07) is 13.9. The highest BCUT2D eigenvalue weighted by atomic mass is 35.5. The molecule has 2 N–H and O–H groups in total. The Bertz CT molecular complexity index is 1330. The van der Waals surface area contributed by atoms with Gasteiger partial charge in [0.15, 0.2) is 0 Å². The van der Waals surface area contributed by atoms with E-state index in [1.54, 1.807) is 36.0 Å². The number of likely N-dealkylation sites (N-methyl/N-ethyl adjacent to an activating group) is 1. The Kier molecular flexibility index (Phi) is 6.96. The minimum Gasteiger partial charge on any atom is -0.393 e. The number of nitrogens with one attached hydrogen (secondary N) is 1. The van der Waals surface area contributed by atoms with Gasteiger partial charge < -0.3 is 24.8 Å². The van der Waals surface area contributed by atoms with Crippen LogP contribution in [0.4, 0.5) is 0 Å². The zero-order valence-electron chi connectivity index (χ0n) is 21.0. The largest absolute Gasteiger partial charge is 0.393 e. The number of carbonyl (C=O) groups is 3. The number of hydrogen-bond donors (Lipinski definition) is 2. The van der Waals surface area contributed by atoms with E-state index in [1.807, 2.05) is 36.4 Å². The normalized spacial score (nSPS) is 20.1. The monoisotopic (exact) mass is 522 g/mol. The molecule has 3 heterocycles. The number of halogens is 1. The molecule has 0 radical (unpaired) electrons. The minimum atomic E-state index is -0.709. The van der Waals surface area contributed by atoms with Crippen LogP contribution in [0.3, 0.4) is 0 Å². The van der Waals surface area contributed by atoms with Crippen molar-refractivity contribution < 1.29 is 19.5 Å². The summed E-state index contributed by atoms with van der Waals surface area (Å²) < 4.78 is 0. The highest BCUT2D eigenvalue weighted by Gasteiger charge is 2.43. The van der Waals surface area contributed by atoms with Crippen molar-refractivity contribution in [3.63, 3.8) is 0 Å². The van der Waals surface area contributed by atoms with Crippen molar-refractivity contribution in [2.75, 3.05) is 33.1 Å². The zero-order valence-corrected chi connectivity index (χ0v) is 21.7. The van der Waals surface area contributed by atoms with Gasteiger partial charge in [0, 0.05) is 55.8 Å². The maximum Gasteiger partial charge on any atom is 0.253 e. The molecule has 0 bridgehead atoms. The van der Waals surface area contributed by atoms with Gasteiger partial charge in [0.05, 0.1) is 12.1 Å². The number of rotatable bonds is 4. The van der Waals surface area contributed by atoms with Crippen LogP contribution < -0.4 is 0 Å². The molecule has 0 unspecified atom stereocenters. The van der Waals surface area contributed by atoms with Crippen LogP contribution in [0.15, 0.2) is 48.5 Å². The summed E-state index contributed by atoms with van der Waals surface area (Å²) in [6.45, 7) is 1.05. The standard InChI is InChI=1S/C28H31ClN4O4/c1-31(2)28(37)23-15-21-20-5-3-4-6-22(20)30-25(21)26(33(23)24(35)16-29)17-7-9-18(10-8-17)27(36)32-13-11-19(34)12-14-32/h3-10,19,23,26,30,34H,11-16H2,1-2H3/t23-,26+/m1/s1. The molecule has 2 aliphatic heterocycles. The van der Waals surface area contributed by atoms with Crippen molar-refractivity contribution in [2.24, 2.45) is 0 Å². The third-order valence-corrected chi connectivity index (χ3v) is 7.71. The van der Waals surface area contributed by atoms with Crippen LogP contribution >= 0.6 is 11.6 Å². The maximum atomic E-state index is 13.3. The van der Waals surface area contributed by atoms with Gasteiger partial charge in [-0.2, -0.15) is 0 Å². The number of aromatic amines is 1. The molecule has 2 aromatic carbocycles. The summed E-state index contributed by atoms with van der Waals surface area (Å²) in [4.78, 5) is 48.0. The summed E-state index contributed by atoms with van der Waals surface area (Å²) in [5.41, 5.74) is 4.13. The van der Waals surface area contributed by atoms with Crippen molar-refractivity contribution >= 4 is 40.2 Å². The van der Waals surface area contributed by atoms with Gasteiger partial charge >= 0.3 is 0 Å². The van der Waals surface area contributed by atoms with E-state index in [-0.39, 0.29) is 29.7 Å². The van der Waals surface area contributed by atoms with E-state index in [4.69, 9.17) is 11.6 Å². The first-order valence-electron chi connectivity index (χ1n) is 12.5. The molecule has 1 fully saturated rings. The average molecular weight is 523 g/mol. The van der Waals surface area contributed by atoms with Crippen molar-refractivity contribution in [3.8, 4) is 0 Å². The number of benzene rings is 2. The Balaban J connectivity index is 1.58. The van der Waals surface area contributed by atoms with Crippen LogP contribution in [0.5, 0.6) is 0 Å². The number of fused-ring (bicyclic) bond motifs is 3. The number of piperidine rings is 1. The molecule has 9 heteroatoms. The lowest BCUT2D eigenvalue weighted by atomic mass is 9.87. The molecular formula is C28H31ClN4O4. The van der Waals surface area contributed by atoms with Gasteiger partial charge in [-0.25, -0.2) is 0 Å². The number of hydrogen-bond acceptors (Lipinski definition) is 4. The van der Waals surface area contributed by atoms with Crippen LogP contribution in [0.25, 0.3) is 10.9 Å². The molecule has 37 heavy (non-hydrogen) atoms. The van der Waals surface area contributed by atoms with E-state index in [0.29, 0.717) is 37.9 Å². The number of para-hydroxylation sites is 1. The number of aliphatic hydroxyl groups excluding tert-OH is 1. The molecule has 8 nitrogen and oxygen atoms in total. The lowest BCUT2D eigenvalue weighted by molar-refractivity contribution is -0.145. The Morgan fingerprint density at radius 2 is 1.73 bits per heavy atom. The molecule has 2 atom stereocenters. The van der Waals surface area contributed by atoms with E-state index < -0.39 is 12.1 Å². The Hall–Kier alpha value is -3.36. The quantitative estimate of drug-likeness (QED) is 0.515. The fourth-order valence-corrected chi connectivity index (χ4v) is 5.70. The molecule has 3 amide bonds. The summed E-state index contributed by atoms with van der Waals surface area (Å²) in [6.07, 6.45) is 1.18. The Morgan fingerprint density at radius 3 is 2.38 bits per heavy atom. The maximum absolute atomic E-state index is 13.3. The summed E-state index contributed by atoms with van der Waals surface area (Å²) in [7, 11) is 3.37. The topological polar surface area (TPSA) is 96.9 Å². The third kappa shape index (κ3) is 4.60. The smallest absolute Gasteiger partial charge is 0.253 e. The first kappa shape index (κ1) is 25.3. The summed E-state index contributed by atoms with van der Waals surface area (Å²) >= 11 is 6.06. The van der Waals surface area contributed by atoms with E-state index in [1.165, 1.54) is 4.90 Å². The molecule has 0 saturated carbocycles. The molecule has 2 aliphatic rings. The van der Waals surface area contributed by atoms with Gasteiger partial charge in [-0.1, -0.05) is 30.3 Å². The number of nitrogens with zero attached hydrogens (tertiary/aromatic N) is 3. The minimum absolute atomic E-state index is 0.0808. The number of carbonyl (C=O) groups excluding carboxylic acids is 3. The number of aliphatic hydroxyl groups is 1. The van der Waals surface area contributed by atoms with Gasteiger partial charge in [-0.05, 0) is 42.2 Å². The average Bonchev–Trinajstić information content (AvgIpc) is 3.29. The second-order valence-electron chi connectivity index (χ2n) is 10.00. The van der Waals surface area contributed by atoms with Crippen molar-refractivity contribution in [2.45, 2.75) is 37.5 Å². The first-order chi connectivity index (χ1) is 17.8. The zero-order chi connectivity index (χ0) is 26.3. The second-order valence-corrected chi connectivity index (χ2v) is 10.3. The molecule has 0 spiro atoms. The lowest BCUT2D eigenvalue weighted by Gasteiger charge is -2.42. The molecule has 194 valence electrons. The molecule has 1 aromatic heterocycles. The Morgan fingerprint density at radius 1 is 1.05 bits per heavy atom. The van der Waals surface area contributed by atoms with E-state index in [0.717, 1.165) is 27.7 Å².